The molecule has 3 heterocycles. The predicted molar refractivity (Wildman–Crippen MR) is 93.8 cm³/mol. The third-order valence-corrected chi connectivity index (χ3v) is 6.93. The van der Waals surface area contributed by atoms with E-state index >= 15 is 0 Å². The minimum Gasteiger partial charge on any atom is -0.444 e. The van der Waals surface area contributed by atoms with Crippen LogP contribution in [0, 0.1) is 13.8 Å². The lowest BCUT2D eigenvalue weighted by molar-refractivity contribution is 0.0664. The van der Waals surface area contributed by atoms with E-state index in [-0.39, 0.29) is 29.7 Å². The van der Waals surface area contributed by atoms with Gasteiger partial charge >= 0.3 is 0 Å². The molecule has 0 spiro atoms. The zero-order chi connectivity index (χ0) is 18.4. The van der Waals surface area contributed by atoms with Crippen molar-refractivity contribution < 1.29 is 17.6 Å². The van der Waals surface area contributed by atoms with Crippen molar-refractivity contribution in [2.24, 2.45) is 7.05 Å². The van der Waals surface area contributed by atoms with Crippen LogP contribution in [0.3, 0.4) is 0 Å². The minimum atomic E-state index is -3.63. The summed E-state index contributed by atoms with van der Waals surface area (Å²) in [6.07, 6.45) is 0. The van der Waals surface area contributed by atoms with Gasteiger partial charge in [-0.2, -0.15) is 9.40 Å². The molecule has 2 aromatic rings. The average molecular weight is 431 g/mol. The van der Waals surface area contributed by atoms with Gasteiger partial charge < -0.3 is 9.32 Å². The first-order chi connectivity index (χ1) is 11.7. The molecule has 1 aliphatic heterocycles. The maximum atomic E-state index is 12.9. The highest BCUT2D eigenvalue weighted by Crippen LogP contribution is 2.24. The number of aromatic nitrogens is 2. The summed E-state index contributed by atoms with van der Waals surface area (Å²) in [6.45, 7) is 4.53. The molecular formula is C15H19BrN4O4S. The van der Waals surface area contributed by atoms with Gasteiger partial charge in [-0.1, -0.05) is 0 Å². The van der Waals surface area contributed by atoms with Crippen LogP contribution in [0.15, 0.2) is 26.1 Å². The van der Waals surface area contributed by atoms with Gasteiger partial charge in [-0.05, 0) is 41.9 Å². The van der Waals surface area contributed by atoms with Crippen molar-refractivity contribution in [1.29, 1.82) is 0 Å². The molecule has 0 saturated carbocycles. The zero-order valence-electron chi connectivity index (χ0n) is 14.2. The van der Waals surface area contributed by atoms with E-state index in [1.54, 1.807) is 42.6 Å². The highest BCUT2D eigenvalue weighted by molar-refractivity contribution is 9.10. The topological polar surface area (TPSA) is 88.7 Å². The monoisotopic (exact) mass is 430 g/mol. The second kappa shape index (κ2) is 6.58. The number of rotatable bonds is 3. The minimum absolute atomic E-state index is 0.238. The molecule has 2 aromatic heterocycles. The van der Waals surface area contributed by atoms with Crippen molar-refractivity contribution in [3.63, 3.8) is 0 Å². The van der Waals surface area contributed by atoms with E-state index in [4.69, 9.17) is 4.42 Å². The van der Waals surface area contributed by atoms with Crippen LogP contribution in [-0.4, -0.2) is 59.5 Å². The van der Waals surface area contributed by atoms with Crippen LogP contribution in [0.2, 0.25) is 0 Å². The fraction of sp³-hybridized carbons (Fsp3) is 0.467. The molecule has 0 bridgehead atoms. The molecule has 8 nitrogen and oxygen atoms in total. The quantitative estimate of drug-likeness (QED) is 0.736. The summed E-state index contributed by atoms with van der Waals surface area (Å²) < 4.78 is 34.6. The van der Waals surface area contributed by atoms with Crippen LogP contribution in [0.25, 0.3) is 0 Å². The van der Waals surface area contributed by atoms with Crippen LogP contribution in [0.4, 0.5) is 0 Å². The lowest BCUT2D eigenvalue weighted by atomic mass is 10.3. The largest absolute Gasteiger partial charge is 0.444 e. The summed E-state index contributed by atoms with van der Waals surface area (Å²) in [5.41, 5.74) is 1.09. The van der Waals surface area contributed by atoms with Crippen molar-refractivity contribution in [3.8, 4) is 0 Å². The van der Waals surface area contributed by atoms with Crippen molar-refractivity contribution >= 4 is 31.9 Å². The number of piperazine rings is 1. The number of furan rings is 1. The van der Waals surface area contributed by atoms with Gasteiger partial charge in [0, 0.05) is 33.2 Å². The van der Waals surface area contributed by atoms with Gasteiger partial charge in [0.25, 0.3) is 5.91 Å². The van der Waals surface area contributed by atoms with E-state index in [1.165, 1.54) is 4.31 Å². The Morgan fingerprint density at radius 3 is 2.32 bits per heavy atom. The van der Waals surface area contributed by atoms with Crippen molar-refractivity contribution in [2.45, 2.75) is 18.7 Å². The summed E-state index contributed by atoms with van der Waals surface area (Å²) in [5.74, 6) is -0.00128. The molecule has 1 saturated heterocycles. The Bertz CT molecular complexity index is 910. The van der Waals surface area contributed by atoms with Gasteiger partial charge in [0.15, 0.2) is 10.4 Å². The van der Waals surface area contributed by atoms with E-state index in [0.717, 1.165) is 0 Å². The summed E-state index contributed by atoms with van der Waals surface area (Å²) in [7, 11) is -1.91. The molecule has 0 atom stereocenters. The molecule has 3 rings (SSSR count). The smallest absolute Gasteiger partial charge is 0.289 e. The molecule has 25 heavy (non-hydrogen) atoms. The van der Waals surface area contributed by atoms with E-state index in [2.05, 4.69) is 21.0 Å². The maximum Gasteiger partial charge on any atom is 0.289 e. The number of nitrogens with zero attached hydrogens (tertiary/aromatic N) is 4. The number of aryl methyl sites for hydroxylation is 2. The molecule has 1 aliphatic rings. The first-order valence-corrected chi connectivity index (χ1v) is 10.00. The Labute approximate surface area is 154 Å². The third kappa shape index (κ3) is 3.25. The van der Waals surface area contributed by atoms with Crippen LogP contribution in [0.1, 0.15) is 21.9 Å². The first-order valence-electron chi connectivity index (χ1n) is 7.77. The molecule has 1 amide bonds. The van der Waals surface area contributed by atoms with Crippen molar-refractivity contribution in [2.75, 3.05) is 26.2 Å². The Morgan fingerprint density at radius 1 is 1.20 bits per heavy atom. The zero-order valence-corrected chi connectivity index (χ0v) is 16.6. The molecular weight excluding hydrogens is 412 g/mol. The van der Waals surface area contributed by atoms with Gasteiger partial charge in [-0.15, -0.1) is 0 Å². The Balaban J connectivity index is 1.74. The van der Waals surface area contributed by atoms with Crippen molar-refractivity contribution in [3.05, 3.63) is 34.0 Å². The SMILES string of the molecule is Cc1nn(C)c(C)c1S(=O)(=O)N1CCN(C(=O)c2ccc(Br)o2)CC1. The maximum absolute atomic E-state index is 12.9. The van der Waals surface area contributed by atoms with E-state index in [0.29, 0.717) is 29.1 Å². The summed E-state index contributed by atoms with van der Waals surface area (Å²) in [5, 5.41) is 4.19. The molecule has 0 radical (unpaired) electrons. The fourth-order valence-electron chi connectivity index (χ4n) is 2.97. The summed E-state index contributed by atoms with van der Waals surface area (Å²) >= 11 is 3.17. The van der Waals surface area contributed by atoms with Crippen molar-refractivity contribution in [1.82, 2.24) is 19.0 Å². The predicted octanol–water partition coefficient (Wildman–Crippen LogP) is 1.54. The second-order valence-electron chi connectivity index (χ2n) is 5.92. The fourth-order valence-corrected chi connectivity index (χ4v) is 5.10. The highest BCUT2D eigenvalue weighted by atomic mass is 79.9. The third-order valence-electron chi connectivity index (χ3n) is 4.35. The molecule has 136 valence electrons. The lowest BCUT2D eigenvalue weighted by Crippen LogP contribution is -2.50. The first kappa shape index (κ1) is 18.2. The van der Waals surface area contributed by atoms with Gasteiger partial charge in [-0.25, -0.2) is 8.42 Å². The van der Waals surface area contributed by atoms with E-state index in [1.807, 2.05) is 0 Å². The average Bonchev–Trinajstić information content (AvgIpc) is 3.10. The second-order valence-corrected chi connectivity index (χ2v) is 8.58. The van der Waals surface area contributed by atoms with E-state index < -0.39 is 10.0 Å². The summed E-state index contributed by atoms with van der Waals surface area (Å²) in [4.78, 5) is 14.2. The standard InChI is InChI=1S/C15H19BrN4O4S/c1-10-14(11(2)18(3)17-10)25(22,23)20-8-6-19(7-9-20)15(21)12-4-5-13(16)24-12/h4-5H,6-9H2,1-3H3. The van der Waals surface area contributed by atoms with Gasteiger partial charge in [-0.3, -0.25) is 9.48 Å². The Morgan fingerprint density at radius 2 is 1.84 bits per heavy atom. The van der Waals surface area contributed by atoms with Gasteiger partial charge in [0.1, 0.15) is 4.90 Å². The van der Waals surface area contributed by atoms with Gasteiger partial charge in [0.2, 0.25) is 10.0 Å². The molecule has 0 aliphatic carbocycles. The summed E-state index contributed by atoms with van der Waals surface area (Å²) in [6, 6.07) is 3.25. The highest BCUT2D eigenvalue weighted by Gasteiger charge is 2.34. The number of amides is 1. The molecule has 0 N–H and O–H groups in total. The van der Waals surface area contributed by atoms with Crippen LogP contribution in [0.5, 0.6) is 0 Å². The molecule has 0 aromatic carbocycles. The number of sulfonamides is 1. The van der Waals surface area contributed by atoms with E-state index in [9.17, 15) is 13.2 Å². The number of hydrogen-bond acceptors (Lipinski definition) is 5. The Kier molecular flexibility index (Phi) is 4.78. The molecule has 1 fully saturated rings. The number of hydrogen-bond donors (Lipinski definition) is 0. The van der Waals surface area contributed by atoms with Crippen LogP contribution < -0.4 is 0 Å². The lowest BCUT2D eigenvalue weighted by Gasteiger charge is -2.33. The van der Waals surface area contributed by atoms with Gasteiger partial charge in [0.05, 0.1) is 11.4 Å². The number of carbonyl (C=O) groups excluding carboxylic acids is 1. The van der Waals surface area contributed by atoms with Crippen LogP contribution >= 0.6 is 15.9 Å². The number of halogens is 1. The molecule has 10 heteroatoms. The Hall–Kier alpha value is -1.65. The normalized spacial score (nSPS) is 16.4. The number of carbonyl (C=O) groups is 1. The van der Waals surface area contributed by atoms with Crippen LogP contribution in [-0.2, 0) is 17.1 Å². The molecule has 0 unspecified atom stereocenters.